The van der Waals surface area contributed by atoms with E-state index in [1.54, 1.807) is 0 Å². The molecule has 4 nitrogen and oxygen atoms in total. The number of nitrogens with zero attached hydrogens (tertiary/aromatic N) is 2. The van der Waals surface area contributed by atoms with E-state index in [1.165, 1.54) is 6.07 Å². The molecule has 1 heterocycles. The van der Waals surface area contributed by atoms with E-state index in [-0.39, 0.29) is 12.2 Å². The maximum Gasteiger partial charge on any atom is 0.245 e. The predicted molar refractivity (Wildman–Crippen MR) is 34.9 cm³/mol. The summed E-state index contributed by atoms with van der Waals surface area (Å²) in [4.78, 5) is 12.9. The van der Waals surface area contributed by atoms with Gasteiger partial charge in [0, 0.05) is 4.92 Å². The van der Waals surface area contributed by atoms with E-state index in [9.17, 15) is 14.5 Å². The first kappa shape index (κ1) is 7.59. The summed E-state index contributed by atoms with van der Waals surface area (Å²) in [5.41, 5.74) is 0.261. The fourth-order valence-corrected chi connectivity index (χ4v) is 0.632. The van der Waals surface area contributed by atoms with E-state index in [0.29, 0.717) is 0 Å². The molecular formula is C6H5FN2O2. The molecule has 0 aliphatic carbocycles. The lowest BCUT2D eigenvalue weighted by molar-refractivity contribution is -0.497. The third kappa shape index (κ3) is 2.29. The van der Waals surface area contributed by atoms with Gasteiger partial charge < -0.3 is 0 Å². The van der Waals surface area contributed by atoms with Crippen LogP contribution in [0.1, 0.15) is 5.69 Å². The minimum absolute atomic E-state index is 0.261. The third-order valence-corrected chi connectivity index (χ3v) is 1.08. The average molecular weight is 156 g/mol. The standard InChI is InChI=1S/C6H5FN2O2/c7-5-1-2-6(8-3-5)4-9(10)11/h1-3H,4H2. The van der Waals surface area contributed by atoms with E-state index < -0.39 is 10.7 Å². The topological polar surface area (TPSA) is 56.0 Å². The molecule has 0 spiro atoms. The van der Waals surface area contributed by atoms with Crippen molar-refractivity contribution in [3.63, 3.8) is 0 Å². The summed E-state index contributed by atoms with van der Waals surface area (Å²) in [5, 5.41) is 9.93. The van der Waals surface area contributed by atoms with Crippen LogP contribution in [0.4, 0.5) is 4.39 Å². The van der Waals surface area contributed by atoms with Crippen LogP contribution in [0.5, 0.6) is 0 Å². The number of hydrogen-bond acceptors (Lipinski definition) is 3. The molecule has 0 aliphatic heterocycles. The average Bonchev–Trinajstić information content (AvgIpc) is 1.93. The van der Waals surface area contributed by atoms with Gasteiger partial charge in [-0.25, -0.2) is 4.39 Å². The second kappa shape index (κ2) is 3.05. The summed E-state index contributed by atoms with van der Waals surface area (Å²) in [6.07, 6.45) is 0.957. The minimum Gasteiger partial charge on any atom is -0.264 e. The fourth-order valence-electron chi connectivity index (χ4n) is 0.632. The highest BCUT2D eigenvalue weighted by atomic mass is 19.1. The first-order valence-electron chi connectivity index (χ1n) is 2.91. The molecule has 58 valence electrons. The second-order valence-corrected chi connectivity index (χ2v) is 1.96. The van der Waals surface area contributed by atoms with Gasteiger partial charge in [-0.1, -0.05) is 0 Å². The van der Waals surface area contributed by atoms with Crippen LogP contribution < -0.4 is 0 Å². The molecule has 1 aromatic rings. The number of aromatic nitrogens is 1. The van der Waals surface area contributed by atoms with Gasteiger partial charge in [0.15, 0.2) is 0 Å². The van der Waals surface area contributed by atoms with Crippen molar-refractivity contribution >= 4 is 0 Å². The highest BCUT2D eigenvalue weighted by molar-refractivity contribution is 5.03. The molecule has 0 radical (unpaired) electrons. The maximum absolute atomic E-state index is 12.2. The van der Waals surface area contributed by atoms with E-state index in [0.717, 1.165) is 12.3 Å². The molecule has 0 unspecified atom stereocenters. The number of rotatable bonds is 2. The van der Waals surface area contributed by atoms with Gasteiger partial charge in [0.05, 0.1) is 6.20 Å². The summed E-state index contributed by atoms with van der Waals surface area (Å²) < 4.78 is 12.2. The van der Waals surface area contributed by atoms with Crippen molar-refractivity contribution in [2.75, 3.05) is 0 Å². The Morgan fingerprint density at radius 2 is 2.36 bits per heavy atom. The Balaban J connectivity index is 2.74. The predicted octanol–water partition coefficient (Wildman–Crippen LogP) is 0.997. The normalized spacial score (nSPS) is 9.55. The number of halogens is 1. The van der Waals surface area contributed by atoms with Crippen LogP contribution in [-0.4, -0.2) is 9.91 Å². The van der Waals surface area contributed by atoms with Crippen LogP contribution in [0.15, 0.2) is 18.3 Å². The first-order valence-corrected chi connectivity index (χ1v) is 2.91. The molecule has 0 bridgehead atoms. The highest BCUT2D eigenvalue weighted by Crippen LogP contribution is 1.98. The van der Waals surface area contributed by atoms with Gasteiger partial charge >= 0.3 is 0 Å². The SMILES string of the molecule is O=[N+]([O-])Cc1ccc(F)cn1. The van der Waals surface area contributed by atoms with E-state index in [4.69, 9.17) is 0 Å². The summed E-state index contributed by atoms with van der Waals surface area (Å²) in [5.74, 6) is -0.489. The third-order valence-electron chi connectivity index (χ3n) is 1.08. The van der Waals surface area contributed by atoms with Gasteiger partial charge in [-0.2, -0.15) is 0 Å². The van der Waals surface area contributed by atoms with Crippen LogP contribution in [0.25, 0.3) is 0 Å². The van der Waals surface area contributed by atoms with Crippen molar-refractivity contribution in [2.24, 2.45) is 0 Å². The van der Waals surface area contributed by atoms with Crippen LogP contribution in [0, 0.1) is 15.9 Å². The quantitative estimate of drug-likeness (QED) is 0.474. The van der Waals surface area contributed by atoms with Crippen LogP contribution in [0.3, 0.4) is 0 Å². The van der Waals surface area contributed by atoms with E-state index >= 15 is 0 Å². The molecule has 0 saturated heterocycles. The zero-order valence-corrected chi connectivity index (χ0v) is 5.53. The van der Waals surface area contributed by atoms with Gasteiger partial charge in [-0.3, -0.25) is 15.1 Å². The van der Waals surface area contributed by atoms with E-state index in [2.05, 4.69) is 4.98 Å². The summed E-state index contributed by atoms with van der Waals surface area (Å²) in [6.45, 7) is -0.361. The molecule has 0 atom stereocenters. The van der Waals surface area contributed by atoms with Crippen molar-refractivity contribution in [3.8, 4) is 0 Å². The Morgan fingerprint density at radius 3 is 2.82 bits per heavy atom. The molecule has 5 heteroatoms. The molecular weight excluding hydrogens is 151 g/mol. The Labute approximate surface area is 61.8 Å². The number of hydrogen-bond donors (Lipinski definition) is 0. The summed E-state index contributed by atoms with van der Waals surface area (Å²) in [7, 11) is 0. The van der Waals surface area contributed by atoms with Crippen LogP contribution in [0.2, 0.25) is 0 Å². The van der Waals surface area contributed by atoms with Crippen molar-refractivity contribution in [1.29, 1.82) is 0 Å². The molecule has 0 fully saturated rings. The second-order valence-electron chi connectivity index (χ2n) is 1.96. The van der Waals surface area contributed by atoms with Crippen LogP contribution in [-0.2, 0) is 6.54 Å². The molecule has 11 heavy (non-hydrogen) atoms. The Bertz CT molecular complexity index is 260. The Hall–Kier alpha value is -1.52. The zero-order valence-electron chi connectivity index (χ0n) is 5.53. The molecule has 0 aliphatic rings. The van der Waals surface area contributed by atoms with Crippen molar-refractivity contribution in [1.82, 2.24) is 4.98 Å². The van der Waals surface area contributed by atoms with Gasteiger partial charge in [-0.05, 0) is 12.1 Å². The molecule has 0 N–H and O–H groups in total. The van der Waals surface area contributed by atoms with Gasteiger partial charge in [0.2, 0.25) is 6.54 Å². The molecule has 0 saturated carbocycles. The van der Waals surface area contributed by atoms with E-state index in [1.807, 2.05) is 0 Å². The molecule has 1 rings (SSSR count). The van der Waals surface area contributed by atoms with Crippen LogP contribution >= 0.6 is 0 Å². The summed E-state index contributed by atoms with van der Waals surface area (Å²) in [6, 6.07) is 2.43. The van der Waals surface area contributed by atoms with Gasteiger partial charge in [0.25, 0.3) is 0 Å². The molecule has 0 amide bonds. The minimum atomic E-state index is -0.514. The molecule has 1 aromatic heterocycles. The first-order chi connectivity index (χ1) is 5.18. The Morgan fingerprint density at radius 1 is 1.64 bits per heavy atom. The Kier molecular flexibility index (Phi) is 2.10. The zero-order chi connectivity index (χ0) is 8.27. The number of pyridine rings is 1. The summed E-state index contributed by atoms with van der Waals surface area (Å²) >= 11 is 0. The highest BCUT2D eigenvalue weighted by Gasteiger charge is 2.01. The molecule has 0 aromatic carbocycles. The largest absolute Gasteiger partial charge is 0.264 e. The lowest BCUT2D eigenvalue weighted by Gasteiger charge is -1.91. The van der Waals surface area contributed by atoms with Crippen molar-refractivity contribution in [2.45, 2.75) is 6.54 Å². The number of nitro groups is 1. The van der Waals surface area contributed by atoms with Crippen molar-refractivity contribution < 1.29 is 9.31 Å². The fraction of sp³-hybridized carbons (Fsp3) is 0.167. The smallest absolute Gasteiger partial charge is 0.245 e. The van der Waals surface area contributed by atoms with Gasteiger partial charge in [0.1, 0.15) is 11.5 Å². The van der Waals surface area contributed by atoms with Crippen molar-refractivity contribution in [3.05, 3.63) is 40.0 Å². The van der Waals surface area contributed by atoms with Gasteiger partial charge in [-0.15, -0.1) is 0 Å². The lowest BCUT2D eigenvalue weighted by Crippen LogP contribution is -2.00. The monoisotopic (exact) mass is 156 g/mol. The lowest BCUT2D eigenvalue weighted by atomic mass is 10.3. The maximum atomic E-state index is 12.2.